The van der Waals surface area contributed by atoms with Crippen molar-refractivity contribution in [3.05, 3.63) is 23.7 Å². The van der Waals surface area contributed by atoms with Gasteiger partial charge in [0, 0.05) is 12.2 Å². The summed E-state index contributed by atoms with van der Waals surface area (Å²) in [6, 6.07) is 1.71. The van der Waals surface area contributed by atoms with Crippen molar-refractivity contribution < 1.29 is 17.6 Å². The van der Waals surface area contributed by atoms with Crippen molar-refractivity contribution in [2.45, 2.75) is 37.9 Å². The number of carbonyl (C=O) groups excluding carboxylic acids is 1. The lowest BCUT2D eigenvalue weighted by atomic mass is 9.84. The van der Waals surface area contributed by atoms with Crippen LogP contribution in [0.2, 0.25) is 0 Å². The van der Waals surface area contributed by atoms with Crippen LogP contribution in [0.15, 0.2) is 16.7 Å². The Kier molecular flexibility index (Phi) is 3.61. The number of hydrogen-bond donors (Lipinski definition) is 0. The molecule has 1 aromatic rings. The van der Waals surface area contributed by atoms with Gasteiger partial charge in [-0.2, -0.15) is 0 Å². The van der Waals surface area contributed by atoms with E-state index in [9.17, 15) is 13.2 Å². The summed E-state index contributed by atoms with van der Waals surface area (Å²) in [7, 11) is -3.04. The minimum absolute atomic E-state index is 0.0141. The van der Waals surface area contributed by atoms with Crippen LogP contribution >= 0.6 is 0 Å². The van der Waals surface area contributed by atoms with Gasteiger partial charge in [-0.1, -0.05) is 6.42 Å². The normalized spacial score (nSPS) is 25.0. The summed E-state index contributed by atoms with van der Waals surface area (Å²) >= 11 is 0. The third-order valence-corrected chi connectivity index (χ3v) is 5.26. The maximum Gasteiger partial charge on any atom is 0.169 e. The van der Waals surface area contributed by atoms with Gasteiger partial charge >= 0.3 is 0 Å². The highest BCUT2D eigenvalue weighted by atomic mass is 32.2. The van der Waals surface area contributed by atoms with Crippen LogP contribution in [-0.4, -0.2) is 25.7 Å². The summed E-state index contributed by atoms with van der Waals surface area (Å²) in [6.07, 6.45) is 5.41. The van der Waals surface area contributed by atoms with Crippen molar-refractivity contribution in [2.75, 3.05) is 6.26 Å². The SMILES string of the molecule is Cc1cc(C(=O)C2CCCC(S(C)(=O)=O)C2)co1. The highest BCUT2D eigenvalue weighted by Gasteiger charge is 2.33. The summed E-state index contributed by atoms with van der Waals surface area (Å²) < 4.78 is 28.3. The number of hydrogen-bond acceptors (Lipinski definition) is 4. The number of carbonyl (C=O) groups is 1. The van der Waals surface area contributed by atoms with Crippen LogP contribution < -0.4 is 0 Å². The Balaban J connectivity index is 2.12. The Morgan fingerprint density at radius 1 is 1.39 bits per heavy atom. The average molecular weight is 270 g/mol. The predicted octanol–water partition coefficient (Wildman–Crippen LogP) is 2.37. The first-order valence-electron chi connectivity index (χ1n) is 6.16. The lowest BCUT2D eigenvalue weighted by Gasteiger charge is -2.26. The third kappa shape index (κ3) is 2.83. The predicted molar refractivity (Wildman–Crippen MR) is 68.4 cm³/mol. The first kappa shape index (κ1) is 13.3. The van der Waals surface area contributed by atoms with Gasteiger partial charge in [0.1, 0.15) is 21.9 Å². The molecule has 1 aliphatic carbocycles. The first-order valence-corrected chi connectivity index (χ1v) is 8.11. The number of aryl methyl sites for hydroxylation is 1. The molecular weight excluding hydrogens is 252 g/mol. The number of sulfone groups is 1. The monoisotopic (exact) mass is 270 g/mol. The Hall–Kier alpha value is -1.10. The average Bonchev–Trinajstić information content (AvgIpc) is 2.74. The molecule has 5 heteroatoms. The molecule has 1 heterocycles. The second kappa shape index (κ2) is 4.88. The fraction of sp³-hybridized carbons (Fsp3) is 0.615. The van der Waals surface area contributed by atoms with E-state index in [2.05, 4.69) is 0 Å². The molecule has 1 aromatic heterocycles. The minimum atomic E-state index is -3.04. The molecule has 2 rings (SSSR count). The van der Waals surface area contributed by atoms with Crippen LogP contribution in [0.4, 0.5) is 0 Å². The van der Waals surface area contributed by atoms with Crippen LogP contribution in [-0.2, 0) is 9.84 Å². The summed E-state index contributed by atoms with van der Waals surface area (Å²) in [4.78, 5) is 12.2. The summed E-state index contributed by atoms with van der Waals surface area (Å²) in [6.45, 7) is 1.79. The van der Waals surface area contributed by atoms with Crippen LogP contribution in [0.5, 0.6) is 0 Å². The zero-order valence-electron chi connectivity index (χ0n) is 10.7. The van der Waals surface area contributed by atoms with Crippen molar-refractivity contribution in [3.8, 4) is 0 Å². The standard InChI is InChI=1S/C13H18O4S/c1-9-6-11(8-17-9)13(14)10-4-3-5-12(7-10)18(2,15)16/h6,8,10,12H,3-5,7H2,1-2H3. The molecule has 0 spiro atoms. The van der Waals surface area contributed by atoms with Crippen molar-refractivity contribution >= 4 is 15.6 Å². The Morgan fingerprint density at radius 2 is 2.11 bits per heavy atom. The van der Waals surface area contributed by atoms with E-state index in [1.807, 2.05) is 0 Å². The molecule has 0 N–H and O–H groups in total. The molecule has 0 bridgehead atoms. The molecule has 0 radical (unpaired) electrons. The largest absolute Gasteiger partial charge is 0.469 e. The maximum absolute atomic E-state index is 12.2. The quantitative estimate of drug-likeness (QED) is 0.791. The highest BCUT2D eigenvalue weighted by molar-refractivity contribution is 7.91. The maximum atomic E-state index is 12.2. The highest BCUT2D eigenvalue weighted by Crippen LogP contribution is 2.31. The van der Waals surface area contributed by atoms with Crippen LogP contribution in [0.3, 0.4) is 0 Å². The van der Waals surface area contributed by atoms with Gasteiger partial charge in [-0.25, -0.2) is 8.42 Å². The molecular formula is C13H18O4S. The zero-order chi connectivity index (χ0) is 13.3. The number of furan rings is 1. The molecule has 2 atom stereocenters. The van der Waals surface area contributed by atoms with Gasteiger partial charge < -0.3 is 4.42 Å². The lowest BCUT2D eigenvalue weighted by molar-refractivity contribution is 0.0890. The molecule has 1 saturated carbocycles. The van der Waals surface area contributed by atoms with E-state index >= 15 is 0 Å². The van der Waals surface area contributed by atoms with E-state index < -0.39 is 9.84 Å². The van der Waals surface area contributed by atoms with E-state index in [1.165, 1.54) is 12.5 Å². The summed E-state index contributed by atoms with van der Waals surface area (Å²) in [5, 5.41) is -0.367. The van der Waals surface area contributed by atoms with Gasteiger partial charge in [0.2, 0.25) is 0 Å². The topological polar surface area (TPSA) is 64.3 Å². The molecule has 2 unspecified atom stereocenters. The van der Waals surface area contributed by atoms with E-state index in [0.717, 1.165) is 12.8 Å². The number of Topliss-reactive ketones (excluding diaryl/α,β-unsaturated/α-hetero) is 1. The fourth-order valence-electron chi connectivity index (χ4n) is 2.58. The smallest absolute Gasteiger partial charge is 0.169 e. The van der Waals surface area contributed by atoms with Crippen LogP contribution in [0.1, 0.15) is 41.8 Å². The molecule has 100 valence electrons. The van der Waals surface area contributed by atoms with Gasteiger partial charge in [-0.05, 0) is 32.3 Å². The Bertz CT molecular complexity index is 541. The molecule has 18 heavy (non-hydrogen) atoms. The summed E-state index contributed by atoms with van der Waals surface area (Å²) in [5.41, 5.74) is 0.562. The molecule has 0 aromatic carbocycles. The molecule has 1 aliphatic rings. The van der Waals surface area contributed by atoms with E-state index in [1.54, 1.807) is 13.0 Å². The van der Waals surface area contributed by atoms with Crippen LogP contribution in [0.25, 0.3) is 0 Å². The van der Waals surface area contributed by atoms with Crippen molar-refractivity contribution in [3.63, 3.8) is 0 Å². The second-order valence-corrected chi connectivity index (χ2v) is 7.45. The molecule has 4 nitrogen and oxygen atoms in total. The second-order valence-electron chi connectivity index (χ2n) is 5.13. The molecule has 0 aliphatic heterocycles. The number of ketones is 1. The lowest BCUT2D eigenvalue weighted by Crippen LogP contribution is -2.31. The minimum Gasteiger partial charge on any atom is -0.469 e. The van der Waals surface area contributed by atoms with Crippen molar-refractivity contribution in [1.29, 1.82) is 0 Å². The van der Waals surface area contributed by atoms with Gasteiger partial charge in [0.05, 0.1) is 10.8 Å². The van der Waals surface area contributed by atoms with Gasteiger partial charge in [-0.3, -0.25) is 4.79 Å². The fourth-order valence-corrected chi connectivity index (χ4v) is 3.76. The zero-order valence-corrected chi connectivity index (χ0v) is 11.5. The molecule has 0 amide bonds. The molecule has 1 fully saturated rings. The third-order valence-electron chi connectivity index (χ3n) is 3.62. The van der Waals surface area contributed by atoms with Crippen LogP contribution in [0, 0.1) is 12.8 Å². The van der Waals surface area contributed by atoms with Gasteiger partial charge in [-0.15, -0.1) is 0 Å². The van der Waals surface area contributed by atoms with Gasteiger partial charge in [0.25, 0.3) is 0 Å². The number of rotatable bonds is 3. The Labute approximate surface area is 107 Å². The first-order chi connectivity index (χ1) is 8.38. The Morgan fingerprint density at radius 3 is 2.67 bits per heavy atom. The van der Waals surface area contributed by atoms with E-state index in [-0.39, 0.29) is 17.0 Å². The van der Waals surface area contributed by atoms with E-state index in [0.29, 0.717) is 24.2 Å². The van der Waals surface area contributed by atoms with Crippen molar-refractivity contribution in [1.82, 2.24) is 0 Å². The summed E-state index contributed by atoms with van der Waals surface area (Å²) in [5.74, 6) is 0.532. The van der Waals surface area contributed by atoms with E-state index in [4.69, 9.17) is 4.42 Å². The van der Waals surface area contributed by atoms with Gasteiger partial charge in [0.15, 0.2) is 5.78 Å². The van der Waals surface area contributed by atoms with Crippen molar-refractivity contribution in [2.24, 2.45) is 5.92 Å². The molecule has 0 saturated heterocycles.